The maximum Gasteiger partial charge on any atom is 0.438 e. The largest absolute Gasteiger partial charge is 0.438 e. The Morgan fingerprint density at radius 3 is 1.74 bits per heavy atom. The summed E-state index contributed by atoms with van der Waals surface area (Å²) in [4.78, 5) is 0. The lowest BCUT2D eigenvalue weighted by molar-refractivity contribution is -0.343. The molecule has 0 aliphatic rings. The summed E-state index contributed by atoms with van der Waals surface area (Å²) in [5.41, 5.74) is -7.74. The van der Waals surface area contributed by atoms with Crippen molar-refractivity contribution in [3.05, 3.63) is 34.3 Å². The van der Waals surface area contributed by atoms with Crippen LogP contribution in [0.25, 0.3) is 0 Å². The Hall–Kier alpha value is -1.60. The molecule has 0 aromatic heterocycles. The van der Waals surface area contributed by atoms with E-state index >= 15 is 0 Å². The molecule has 1 N–H and O–H groups in total. The van der Waals surface area contributed by atoms with Crippen molar-refractivity contribution in [2.45, 2.75) is 24.1 Å². The molecular formula is C12H4ClF9O. The molecule has 0 saturated carbocycles. The van der Waals surface area contributed by atoms with Crippen molar-refractivity contribution in [2.24, 2.45) is 0 Å². The van der Waals surface area contributed by atoms with Crippen LogP contribution in [-0.4, -0.2) is 23.1 Å². The Morgan fingerprint density at radius 2 is 1.35 bits per heavy atom. The first-order valence-corrected chi connectivity index (χ1v) is 5.73. The molecule has 11 heteroatoms. The van der Waals surface area contributed by atoms with E-state index in [1.807, 2.05) is 0 Å². The topological polar surface area (TPSA) is 20.2 Å². The van der Waals surface area contributed by atoms with Crippen LogP contribution < -0.4 is 0 Å². The minimum atomic E-state index is -6.22. The van der Waals surface area contributed by atoms with Gasteiger partial charge >= 0.3 is 24.1 Å². The second-order valence-electron chi connectivity index (χ2n) is 4.15. The van der Waals surface area contributed by atoms with Crippen molar-refractivity contribution in [1.29, 1.82) is 0 Å². The predicted octanol–water partition coefficient (Wildman–Crippen LogP) is 4.57. The van der Waals surface area contributed by atoms with E-state index in [-0.39, 0.29) is 6.07 Å². The Morgan fingerprint density at radius 1 is 0.870 bits per heavy atom. The SMILES string of the molecule is OC(C#Cc1cc(C(F)(F)F)ccc1Cl)(C(F)(F)F)C(F)(F)F. The molecule has 0 saturated heterocycles. The first kappa shape index (κ1) is 19.4. The third kappa shape index (κ3) is 4.03. The maximum atomic E-state index is 12.5. The van der Waals surface area contributed by atoms with Gasteiger partial charge in [0.15, 0.2) is 0 Å². The van der Waals surface area contributed by atoms with Crippen LogP contribution in [0.4, 0.5) is 39.5 Å². The molecule has 23 heavy (non-hydrogen) atoms. The zero-order valence-corrected chi connectivity index (χ0v) is 11.2. The van der Waals surface area contributed by atoms with Gasteiger partial charge in [0.25, 0.3) is 0 Å². The van der Waals surface area contributed by atoms with Gasteiger partial charge in [-0.3, -0.25) is 0 Å². The molecule has 128 valence electrons. The van der Waals surface area contributed by atoms with Gasteiger partial charge in [-0.25, -0.2) is 0 Å². The highest BCUT2D eigenvalue weighted by atomic mass is 35.5. The zero-order valence-electron chi connectivity index (χ0n) is 10.5. The van der Waals surface area contributed by atoms with Gasteiger partial charge < -0.3 is 5.11 Å². The molecule has 0 radical (unpaired) electrons. The molecule has 0 atom stereocenters. The van der Waals surface area contributed by atoms with Crippen LogP contribution in [0.15, 0.2) is 18.2 Å². The summed E-state index contributed by atoms with van der Waals surface area (Å²) in [6.45, 7) is 0. The Balaban J connectivity index is 3.45. The molecule has 0 bridgehead atoms. The minimum absolute atomic E-state index is 0.169. The van der Waals surface area contributed by atoms with Gasteiger partial charge in [-0.05, 0) is 24.1 Å². The summed E-state index contributed by atoms with van der Waals surface area (Å²) in [6.07, 6.45) is -17.3. The average Bonchev–Trinajstić information content (AvgIpc) is 2.33. The lowest BCUT2D eigenvalue weighted by atomic mass is 10.0. The molecule has 0 aliphatic heterocycles. The van der Waals surface area contributed by atoms with E-state index in [1.54, 1.807) is 0 Å². The van der Waals surface area contributed by atoms with Crippen LogP contribution >= 0.6 is 11.6 Å². The highest BCUT2D eigenvalue weighted by molar-refractivity contribution is 6.31. The molecule has 0 amide bonds. The van der Waals surface area contributed by atoms with E-state index in [2.05, 4.69) is 0 Å². The first-order chi connectivity index (χ1) is 10.1. The summed E-state index contributed by atoms with van der Waals surface area (Å²) >= 11 is 5.39. The molecule has 0 fully saturated rings. The van der Waals surface area contributed by atoms with Crippen LogP contribution in [0, 0.1) is 11.8 Å². The van der Waals surface area contributed by atoms with Crippen molar-refractivity contribution in [3.63, 3.8) is 0 Å². The fourth-order valence-corrected chi connectivity index (χ4v) is 1.42. The number of hydrogen-bond donors (Lipinski definition) is 1. The molecule has 0 unspecified atom stereocenters. The quantitative estimate of drug-likeness (QED) is 0.524. The Bertz CT molecular complexity index is 632. The number of halogens is 10. The Labute approximate surface area is 127 Å². The molecule has 0 heterocycles. The normalized spacial score (nSPS) is 13.5. The van der Waals surface area contributed by atoms with Gasteiger partial charge in [0.05, 0.1) is 10.6 Å². The van der Waals surface area contributed by atoms with Gasteiger partial charge in [-0.2, -0.15) is 39.5 Å². The van der Waals surface area contributed by atoms with Crippen LogP contribution in [0.2, 0.25) is 5.02 Å². The van der Waals surface area contributed by atoms with Gasteiger partial charge in [0.2, 0.25) is 0 Å². The highest BCUT2D eigenvalue weighted by Crippen LogP contribution is 2.42. The van der Waals surface area contributed by atoms with Crippen LogP contribution in [0.5, 0.6) is 0 Å². The third-order valence-electron chi connectivity index (χ3n) is 2.49. The number of alkyl halides is 9. The summed E-state index contributed by atoms with van der Waals surface area (Å²) in [7, 11) is 0. The molecule has 1 rings (SSSR count). The lowest BCUT2D eigenvalue weighted by Gasteiger charge is -2.27. The fourth-order valence-electron chi connectivity index (χ4n) is 1.26. The molecule has 0 aliphatic carbocycles. The number of rotatable bonds is 0. The van der Waals surface area contributed by atoms with Crippen molar-refractivity contribution in [3.8, 4) is 11.8 Å². The molecule has 1 aromatic rings. The predicted molar refractivity (Wildman–Crippen MR) is 60.4 cm³/mol. The van der Waals surface area contributed by atoms with E-state index in [4.69, 9.17) is 16.7 Å². The summed E-state index contributed by atoms with van der Waals surface area (Å²) in [5.74, 6) is 1.72. The lowest BCUT2D eigenvalue weighted by Crippen LogP contribution is -2.55. The van der Waals surface area contributed by atoms with E-state index < -0.39 is 40.3 Å². The Kier molecular flexibility index (Phi) is 4.90. The van der Waals surface area contributed by atoms with Gasteiger partial charge in [-0.15, -0.1) is 0 Å². The van der Waals surface area contributed by atoms with Crippen molar-refractivity contribution >= 4 is 11.6 Å². The van der Waals surface area contributed by atoms with Crippen molar-refractivity contribution in [2.75, 3.05) is 0 Å². The van der Waals surface area contributed by atoms with Crippen molar-refractivity contribution < 1.29 is 44.6 Å². The van der Waals surface area contributed by atoms with E-state index in [0.29, 0.717) is 18.1 Å². The molecule has 1 nitrogen and oxygen atoms in total. The second-order valence-corrected chi connectivity index (χ2v) is 4.56. The summed E-state index contributed by atoms with van der Waals surface area (Å²) in [6, 6.07) is 1.24. The fraction of sp³-hybridized carbons (Fsp3) is 0.333. The summed E-state index contributed by atoms with van der Waals surface area (Å²) in [5, 5.41) is 8.16. The maximum absolute atomic E-state index is 12.5. The third-order valence-corrected chi connectivity index (χ3v) is 2.82. The van der Waals surface area contributed by atoms with Crippen molar-refractivity contribution in [1.82, 2.24) is 0 Å². The van der Waals surface area contributed by atoms with Gasteiger partial charge in [-0.1, -0.05) is 17.5 Å². The van der Waals surface area contributed by atoms with Gasteiger partial charge in [0, 0.05) is 5.56 Å². The molecule has 0 spiro atoms. The van der Waals surface area contributed by atoms with E-state index in [9.17, 15) is 39.5 Å². The summed E-state index contributed by atoms with van der Waals surface area (Å²) < 4.78 is 112. The minimum Gasteiger partial charge on any atom is -0.363 e. The molecular weight excluding hydrogens is 367 g/mol. The molecule has 1 aromatic carbocycles. The van der Waals surface area contributed by atoms with Crippen LogP contribution in [0.3, 0.4) is 0 Å². The second kappa shape index (κ2) is 5.79. The number of hydrogen-bond acceptors (Lipinski definition) is 1. The zero-order chi connectivity index (χ0) is 18.3. The monoisotopic (exact) mass is 370 g/mol. The van der Waals surface area contributed by atoms with Crippen LogP contribution in [-0.2, 0) is 6.18 Å². The highest BCUT2D eigenvalue weighted by Gasteiger charge is 2.70. The van der Waals surface area contributed by atoms with Crippen LogP contribution in [0.1, 0.15) is 11.1 Å². The standard InChI is InChI=1S/C12H4ClF9O/c13-8-2-1-7(10(14,15)16)5-6(8)3-4-9(23,11(17,18)19)12(20,21)22/h1-2,5,23H. The number of benzene rings is 1. The van der Waals surface area contributed by atoms with Gasteiger partial charge in [0.1, 0.15) is 0 Å². The first-order valence-electron chi connectivity index (χ1n) is 5.35. The van der Waals surface area contributed by atoms with E-state index in [0.717, 1.165) is 0 Å². The average molecular weight is 371 g/mol. The number of aliphatic hydroxyl groups is 1. The smallest absolute Gasteiger partial charge is 0.363 e. The van der Waals surface area contributed by atoms with E-state index in [1.165, 1.54) is 5.92 Å².